The maximum atomic E-state index is 12.1. The highest BCUT2D eigenvalue weighted by atomic mass is 79.9. The van der Waals surface area contributed by atoms with Crippen molar-refractivity contribution < 1.29 is 9.53 Å². The van der Waals surface area contributed by atoms with E-state index < -0.39 is 0 Å². The number of fused-ring (bicyclic) bond motifs is 1. The highest BCUT2D eigenvalue weighted by Gasteiger charge is 2.39. The summed E-state index contributed by atoms with van der Waals surface area (Å²) in [7, 11) is 0. The second kappa shape index (κ2) is 5.64. The Balaban J connectivity index is 1.91. The average Bonchev–Trinajstić information content (AvgIpc) is 2.70. The first-order valence-corrected chi connectivity index (χ1v) is 8.59. The molecule has 21 heavy (non-hydrogen) atoms. The van der Waals surface area contributed by atoms with E-state index in [1.165, 1.54) is 24.8 Å². The SMILES string of the molecule is CC1(C)CCCC1C(Br)c1ccc2c(c1)C(=O)NCCO2. The zero-order valence-electron chi connectivity index (χ0n) is 12.6. The Labute approximate surface area is 134 Å². The molecule has 2 aliphatic rings. The summed E-state index contributed by atoms with van der Waals surface area (Å²) in [5.74, 6) is 1.26. The molecule has 1 N–H and O–H groups in total. The van der Waals surface area contributed by atoms with Crippen LogP contribution in [0.5, 0.6) is 5.75 Å². The molecule has 3 nitrogen and oxygen atoms in total. The summed E-state index contributed by atoms with van der Waals surface area (Å²) in [6.45, 7) is 5.79. The van der Waals surface area contributed by atoms with E-state index in [4.69, 9.17) is 4.74 Å². The minimum absolute atomic E-state index is 0.0327. The van der Waals surface area contributed by atoms with Crippen LogP contribution in [0.2, 0.25) is 0 Å². The van der Waals surface area contributed by atoms with E-state index in [-0.39, 0.29) is 10.7 Å². The second-order valence-corrected chi connectivity index (χ2v) is 7.74. The predicted molar refractivity (Wildman–Crippen MR) is 87.1 cm³/mol. The van der Waals surface area contributed by atoms with E-state index in [1.807, 2.05) is 12.1 Å². The minimum Gasteiger partial charge on any atom is -0.491 e. The molecule has 4 heteroatoms. The van der Waals surface area contributed by atoms with Gasteiger partial charge in [-0.25, -0.2) is 0 Å². The summed E-state index contributed by atoms with van der Waals surface area (Å²) < 4.78 is 5.62. The first-order chi connectivity index (χ1) is 9.99. The van der Waals surface area contributed by atoms with Gasteiger partial charge in [-0.1, -0.05) is 42.3 Å². The van der Waals surface area contributed by atoms with Gasteiger partial charge in [-0.05, 0) is 41.9 Å². The molecule has 1 saturated carbocycles. The molecule has 1 fully saturated rings. The monoisotopic (exact) mass is 351 g/mol. The van der Waals surface area contributed by atoms with Crippen LogP contribution in [0.1, 0.15) is 53.9 Å². The van der Waals surface area contributed by atoms with Gasteiger partial charge < -0.3 is 10.1 Å². The van der Waals surface area contributed by atoms with Crippen LogP contribution in [-0.4, -0.2) is 19.1 Å². The van der Waals surface area contributed by atoms with Gasteiger partial charge in [0.25, 0.3) is 5.91 Å². The summed E-state index contributed by atoms with van der Waals surface area (Å²) in [5.41, 5.74) is 2.18. The Bertz CT molecular complexity index is 556. The number of rotatable bonds is 2. The lowest BCUT2D eigenvalue weighted by Crippen LogP contribution is -2.24. The molecule has 114 valence electrons. The van der Waals surface area contributed by atoms with Crippen LogP contribution in [0.4, 0.5) is 0 Å². The van der Waals surface area contributed by atoms with Gasteiger partial charge in [0.1, 0.15) is 12.4 Å². The fraction of sp³-hybridized carbons (Fsp3) is 0.588. The van der Waals surface area contributed by atoms with E-state index in [0.29, 0.717) is 35.8 Å². The Morgan fingerprint density at radius 3 is 2.95 bits per heavy atom. The van der Waals surface area contributed by atoms with Gasteiger partial charge in [0.15, 0.2) is 0 Å². The molecule has 2 unspecified atom stereocenters. The van der Waals surface area contributed by atoms with E-state index >= 15 is 0 Å². The molecule has 0 spiro atoms. The Kier molecular flexibility index (Phi) is 4.00. The van der Waals surface area contributed by atoms with Crippen molar-refractivity contribution in [3.63, 3.8) is 0 Å². The largest absolute Gasteiger partial charge is 0.491 e. The number of carbonyl (C=O) groups is 1. The Morgan fingerprint density at radius 1 is 1.43 bits per heavy atom. The smallest absolute Gasteiger partial charge is 0.255 e. The lowest BCUT2D eigenvalue weighted by atomic mass is 9.78. The molecule has 1 aliphatic carbocycles. The van der Waals surface area contributed by atoms with E-state index in [0.717, 1.165) is 0 Å². The third-order valence-corrected chi connectivity index (χ3v) is 6.07. The van der Waals surface area contributed by atoms with Gasteiger partial charge in [-0.15, -0.1) is 0 Å². The summed E-state index contributed by atoms with van der Waals surface area (Å²) in [6.07, 6.45) is 3.80. The zero-order chi connectivity index (χ0) is 15.0. The standard InChI is InChI=1S/C17H22BrNO2/c1-17(2)7-3-4-13(17)15(18)11-5-6-14-12(10-11)16(20)19-8-9-21-14/h5-6,10,13,15H,3-4,7-9H2,1-2H3,(H,19,20). The van der Waals surface area contributed by atoms with E-state index in [1.54, 1.807) is 0 Å². The molecule has 1 heterocycles. The third kappa shape index (κ3) is 2.83. The maximum Gasteiger partial charge on any atom is 0.255 e. The summed E-state index contributed by atoms with van der Waals surface area (Å²) in [5, 5.41) is 2.87. The van der Waals surface area contributed by atoms with Gasteiger partial charge >= 0.3 is 0 Å². The number of ether oxygens (including phenoxy) is 1. The van der Waals surface area contributed by atoms with Gasteiger partial charge in [-0.3, -0.25) is 4.79 Å². The topological polar surface area (TPSA) is 38.3 Å². The summed E-state index contributed by atoms with van der Waals surface area (Å²) >= 11 is 3.88. The Morgan fingerprint density at radius 2 is 2.24 bits per heavy atom. The van der Waals surface area contributed by atoms with Crippen LogP contribution in [0.3, 0.4) is 0 Å². The number of nitrogens with one attached hydrogen (secondary N) is 1. The Hall–Kier alpha value is -1.03. The molecule has 0 bridgehead atoms. The van der Waals surface area contributed by atoms with Crippen LogP contribution in [0, 0.1) is 11.3 Å². The number of alkyl halides is 1. The second-order valence-electron chi connectivity index (χ2n) is 6.75. The first-order valence-electron chi connectivity index (χ1n) is 7.68. The van der Waals surface area contributed by atoms with Crippen molar-refractivity contribution in [2.75, 3.05) is 13.2 Å². The quantitative estimate of drug-likeness (QED) is 0.815. The summed E-state index contributed by atoms with van der Waals surface area (Å²) in [6, 6.07) is 6.01. The molecule has 0 aromatic heterocycles. The molecule has 1 aliphatic heterocycles. The van der Waals surface area contributed by atoms with E-state index in [9.17, 15) is 4.79 Å². The number of hydrogen-bond donors (Lipinski definition) is 1. The molecule has 1 aromatic rings. The molecule has 1 aromatic carbocycles. The first kappa shape index (κ1) is 14.9. The van der Waals surface area contributed by atoms with Crippen molar-refractivity contribution in [1.29, 1.82) is 0 Å². The number of benzene rings is 1. The lowest BCUT2D eigenvalue weighted by Gasteiger charge is -2.31. The zero-order valence-corrected chi connectivity index (χ0v) is 14.2. The van der Waals surface area contributed by atoms with Crippen molar-refractivity contribution in [2.24, 2.45) is 11.3 Å². The predicted octanol–water partition coefficient (Wildman–Crippen LogP) is 4.07. The molecule has 1 amide bonds. The fourth-order valence-corrected chi connectivity index (χ4v) is 4.84. The van der Waals surface area contributed by atoms with Crippen LogP contribution in [0.15, 0.2) is 18.2 Å². The highest BCUT2D eigenvalue weighted by Crippen LogP contribution is 2.52. The molecular weight excluding hydrogens is 330 g/mol. The van der Waals surface area contributed by atoms with Crippen LogP contribution < -0.4 is 10.1 Å². The van der Waals surface area contributed by atoms with Crippen LogP contribution in [0.25, 0.3) is 0 Å². The van der Waals surface area contributed by atoms with Crippen molar-refractivity contribution >= 4 is 21.8 Å². The van der Waals surface area contributed by atoms with Gasteiger partial charge in [0, 0.05) is 4.83 Å². The number of amides is 1. The van der Waals surface area contributed by atoms with Crippen molar-refractivity contribution in [2.45, 2.75) is 37.9 Å². The van der Waals surface area contributed by atoms with Crippen LogP contribution in [-0.2, 0) is 0 Å². The minimum atomic E-state index is -0.0327. The average molecular weight is 352 g/mol. The maximum absolute atomic E-state index is 12.1. The van der Waals surface area contributed by atoms with Crippen molar-refractivity contribution in [3.05, 3.63) is 29.3 Å². The van der Waals surface area contributed by atoms with Gasteiger partial charge in [0.05, 0.1) is 12.1 Å². The molecule has 2 atom stereocenters. The highest BCUT2D eigenvalue weighted by molar-refractivity contribution is 9.09. The normalized spacial score (nSPS) is 25.5. The molecule has 0 radical (unpaired) electrons. The number of halogens is 1. The number of hydrogen-bond acceptors (Lipinski definition) is 2. The fourth-order valence-electron chi connectivity index (χ4n) is 3.57. The number of carbonyl (C=O) groups excluding carboxylic acids is 1. The van der Waals surface area contributed by atoms with Gasteiger partial charge in [-0.2, -0.15) is 0 Å². The van der Waals surface area contributed by atoms with Crippen LogP contribution >= 0.6 is 15.9 Å². The molecule has 0 saturated heterocycles. The summed E-state index contributed by atoms with van der Waals surface area (Å²) in [4.78, 5) is 12.4. The lowest BCUT2D eigenvalue weighted by molar-refractivity contribution is 0.0957. The van der Waals surface area contributed by atoms with Crippen molar-refractivity contribution in [3.8, 4) is 5.75 Å². The van der Waals surface area contributed by atoms with E-state index in [2.05, 4.69) is 41.2 Å². The third-order valence-electron chi connectivity index (χ3n) is 4.91. The van der Waals surface area contributed by atoms with Gasteiger partial charge in [0.2, 0.25) is 0 Å². The molecular formula is C17H22BrNO2. The van der Waals surface area contributed by atoms with Crippen molar-refractivity contribution in [1.82, 2.24) is 5.32 Å². The molecule has 3 rings (SSSR count).